The highest BCUT2D eigenvalue weighted by molar-refractivity contribution is 5.35. The highest BCUT2D eigenvalue weighted by Crippen LogP contribution is 2.18. The Kier molecular flexibility index (Phi) is 4.64. The third-order valence-electron chi connectivity index (χ3n) is 3.26. The molecule has 1 unspecified atom stereocenters. The van der Waals surface area contributed by atoms with E-state index in [2.05, 4.69) is 4.98 Å². The summed E-state index contributed by atoms with van der Waals surface area (Å²) in [5.41, 5.74) is 6.88. The van der Waals surface area contributed by atoms with E-state index in [0.29, 0.717) is 18.5 Å². The summed E-state index contributed by atoms with van der Waals surface area (Å²) in [5.74, 6) is -0.828. The van der Waals surface area contributed by atoms with Crippen LogP contribution in [0.3, 0.4) is 0 Å². The van der Waals surface area contributed by atoms with Gasteiger partial charge in [-0.2, -0.15) is 4.39 Å². The molecule has 21 heavy (non-hydrogen) atoms. The van der Waals surface area contributed by atoms with Gasteiger partial charge < -0.3 is 10.3 Å². The lowest BCUT2D eigenvalue weighted by Gasteiger charge is -2.05. The normalized spacial score (nSPS) is 12.3. The number of hydrogen-bond donors (Lipinski definition) is 1. The van der Waals surface area contributed by atoms with E-state index < -0.39 is 16.4 Å². The van der Waals surface area contributed by atoms with Crippen LogP contribution in [0.2, 0.25) is 0 Å². The Morgan fingerprint density at radius 1 is 1.52 bits per heavy atom. The van der Waals surface area contributed by atoms with Crippen molar-refractivity contribution in [3.63, 3.8) is 0 Å². The molecule has 112 valence electrons. The molecule has 1 aromatic carbocycles. The summed E-state index contributed by atoms with van der Waals surface area (Å²) in [5, 5.41) is 10.6. The van der Waals surface area contributed by atoms with Crippen molar-refractivity contribution in [2.24, 2.45) is 5.73 Å². The summed E-state index contributed by atoms with van der Waals surface area (Å²) in [4.78, 5) is 14.1. The van der Waals surface area contributed by atoms with Crippen LogP contribution >= 0.6 is 0 Å². The van der Waals surface area contributed by atoms with E-state index in [1.165, 1.54) is 12.1 Å². The van der Waals surface area contributed by atoms with Crippen LogP contribution in [0, 0.1) is 15.9 Å². The maximum Gasteiger partial charge on any atom is 0.304 e. The highest BCUT2D eigenvalue weighted by atomic mass is 19.1. The van der Waals surface area contributed by atoms with Gasteiger partial charge in [-0.05, 0) is 18.1 Å². The SMILES string of the molecule is CCC(N)Cc1cn(Cc2ccc([N+](=O)[O-])c(F)c2)cn1. The van der Waals surface area contributed by atoms with Crippen LogP contribution in [-0.2, 0) is 13.0 Å². The molecule has 2 N–H and O–H groups in total. The summed E-state index contributed by atoms with van der Waals surface area (Å²) < 4.78 is 15.3. The maximum atomic E-state index is 13.5. The quantitative estimate of drug-likeness (QED) is 0.653. The number of nitro benzene ring substituents is 1. The average Bonchev–Trinajstić information content (AvgIpc) is 2.85. The summed E-state index contributed by atoms with van der Waals surface area (Å²) in [6, 6.07) is 3.97. The van der Waals surface area contributed by atoms with Gasteiger partial charge in [-0.15, -0.1) is 0 Å². The van der Waals surface area contributed by atoms with Crippen LogP contribution in [-0.4, -0.2) is 20.5 Å². The van der Waals surface area contributed by atoms with Gasteiger partial charge in [0.25, 0.3) is 0 Å². The Morgan fingerprint density at radius 3 is 2.90 bits per heavy atom. The second kappa shape index (κ2) is 6.45. The number of rotatable bonds is 6. The van der Waals surface area contributed by atoms with Crippen LogP contribution in [0.1, 0.15) is 24.6 Å². The monoisotopic (exact) mass is 292 g/mol. The largest absolute Gasteiger partial charge is 0.333 e. The van der Waals surface area contributed by atoms with Crippen LogP contribution < -0.4 is 5.73 Å². The first-order valence-electron chi connectivity index (χ1n) is 6.68. The number of nitrogens with two attached hydrogens (primary N) is 1. The minimum absolute atomic E-state index is 0.0742. The van der Waals surface area contributed by atoms with Gasteiger partial charge in [0.05, 0.1) is 16.9 Å². The lowest BCUT2D eigenvalue weighted by molar-refractivity contribution is -0.387. The number of halogens is 1. The van der Waals surface area contributed by atoms with Crippen LogP contribution in [0.5, 0.6) is 0 Å². The second-order valence-corrected chi connectivity index (χ2v) is 4.95. The number of benzene rings is 1. The molecule has 0 saturated carbocycles. The number of hydrogen-bond acceptors (Lipinski definition) is 4. The van der Waals surface area contributed by atoms with Crippen molar-refractivity contribution in [2.45, 2.75) is 32.4 Å². The maximum absolute atomic E-state index is 13.5. The first kappa shape index (κ1) is 15.1. The Morgan fingerprint density at radius 2 is 2.29 bits per heavy atom. The van der Waals surface area contributed by atoms with Gasteiger partial charge in [0, 0.05) is 31.3 Å². The third kappa shape index (κ3) is 3.85. The fraction of sp³-hybridized carbons (Fsp3) is 0.357. The molecule has 0 aliphatic carbocycles. The zero-order valence-electron chi connectivity index (χ0n) is 11.7. The lowest BCUT2D eigenvalue weighted by atomic mass is 10.1. The van der Waals surface area contributed by atoms with Crippen molar-refractivity contribution in [3.05, 3.63) is 57.9 Å². The van der Waals surface area contributed by atoms with Gasteiger partial charge in [-0.25, -0.2) is 4.98 Å². The van der Waals surface area contributed by atoms with Crippen molar-refractivity contribution in [3.8, 4) is 0 Å². The van der Waals surface area contributed by atoms with Gasteiger partial charge in [0.15, 0.2) is 0 Å². The Balaban J connectivity index is 2.08. The smallest absolute Gasteiger partial charge is 0.304 e. The molecule has 0 fully saturated rings. The number of imidazole rings is 1. The zero-order chi connectivity index (χ0) is 15.4. The van der Waals surface area contributed by atoms with Crippen LogP contribution in [0.25, 0.3) is 0 Å². The standard InChI is InChI=1S/C14H17FN4O2/c1-2-11(16)6-12-8-18(9-17-12)7-10-3-4-14(19(20)21)13(15)5-10/h3-5,8-9,11H,2,6-7,16H2,1H3. The van der Waals surface area contributed by atoms with Crippen molar-refractivity contribution in [2.75, 3.05) is 0 Å². The fourth-order valence-electron chi connectivity index (χ4n) is 2.02. The zero-order valence-corrected chi connectivity index (χ0v) is 11.7. The average molecular weight is 292 g/mol. The first-order valence-corrected chi connectivity index (χ1v) is 6.68. The molecule has 7 heteroatoms. The molecule has 0 radical (unpaired) electrons. The summed E-state index contributed by atoms with van der Waals surface area (Å²) in [6.45, 7) is 2.42. The molecule has 1 aromatic heterocycles. The molecule has 1 atom stereocenters. The second-order valence-electron chi connectivity index (χ2n) is 4.95. The van der Waals surface area contributed by atoms with Gasteiger partial charge in [0.1, 0.15) is 0 Å². The van der Waals surface area contributed by atoms with Gasteiger partial charge >= 0.3 is 5.69 Å². The van der Waals surface area contributed by atoms with E-state index in [4.69, 9.17) is 5.73 Å². The molecule has 2 rings (SSSR count). The van der Waals surface area contributed by atoms with E-state index in [1.54, 1.807) is 17.0 Å². The van der Waals surface area contributed by atoms with E-state index in [1.807, 2.05) is 13.1 Å². The van der Waals surface area contributed by atoms with E-state index in [0.717, 1.165) is 12.1 Å². The van der Waals surface area contributed by atoms with Crippen LogP contribution in [0.15, 0.2) is 30.7 Å². The Bertz CT molecular complexity index is 642. The summed E-state index contributed by atoms with van der Waals surface area (Å²) in [7, 11) is 0. The molecule has 0 spiro atoms. The molecule has 0 aliphatic heterocycles. The Labute approximate surface area is 121 Å². The molecule has 0 amide bonds. The molecular weight excluding hydrogens is 275 g/mol. The molecule has 6 nitrogen and oxygen atoms in total. The van der Waals surface area contributed by atoms with Crippen LogP contribution in [0.4, 0.5) is 10.1 Å². The minimum atomic E-state index is -0.828. The first-order chi connectivity index (χ1) is 9.99. The molecular formula is C14H17FN4O2. The summed E-state index contributed by atoms with van der Waals surface area (Å²) >= 11 is 0. The predicted octanol–water partition coefficient (Wildman–Crippen LogP) is 2.26. The number of aromatic nitrogens is 2. The lowest BCUT2D eigenvalue weighted by Crippen LogP contribution is -2.21. The topological polar surface area (TPSA) is 87.0 Å². The molecule has 2 aromatic rings. The van der Waals surface area contributed by atoms with Gasteiger partial charge in [0.2, 0.25) is 5.82 Å². The number of nitrogens with zero attached hydrogens (tertiary/aromatic N) is 3. The third-order valence-corrected chi connectivity index (χ3v) is 3.26. The van der Waals surface area contributed by atoms with E-state index in [-0.39, 0.29) is 6.04 Å². The summed E-state index contributed by atoms with van der Waals surface area (Å²) in [6.07, 6.45) is 5.07. The Hall–Kier alpha value is -2.28. The minimum Gasteiger partial charge on any atom is -0.333 e. The van der Waals surface area contributed by atoms with Crippen molar-refractivity contribution in [1.82, 2.24) is 9.55 Å². The molecule has 0 bridgehead atoms. The molecule has 0 aliphatic rings. The molecule has 0 saturated heterocycles. The van der Waals surface area contributed by atoms with Crippen molar-refractivity contribution in [1.29, 1.82) is 0 Å². The van der Waals surface area contributed by atoms with E-state index >= 15 is 0 Å². The molecule has 1 heterocycles. The predicted molar refractivity (Wildman–Crippen MR) is 76.4 cm³/mol. The fourth-order valence-corrected chi connectivity index (χ4v) is 2.02. The van der Waals surface area contributed by atoms with Gasteiger partial charge in [-0.1, -0.05) is 13.0 Å². The van der Waals surface area contributed by atoms with Crippen molar-refractivity contribution >= 4 is 5.69 Å². The van der Waals surface area contributed by atoms with E-state index in [9.17, 15) is 14.5 Å². The highest BCUT2D eigenvalue weighted by Gasteiger charge is 2.14. The van der Waals surface area contributed by atoms with Gasteiger partial charge in [-0.3, -0.25) is 10.1 Å². The number of nitro groups is 1. The van der Waals surface area contributed by atoms with Crippen molar-refractivity contribution < 1.29 is 9.31 Å².